The number of alkyl halides is 1. The van der Waals surface area contributed by atoms with E-state index in [1.165, 1.54) is 0 Å². The Hall–Kier alpha value is -1.42. The van der Waals surface area contributed by atoms with E-state index in [2.05, 4.69) is 27.0 Å². The maximum atomic E-state index is 5.64. The summed E-state index contributed by atoms with van der Waals surface area (Å²) in [5.74, 6) is 0.394. The summed E-state index contributed by atoms with van der Waals surface area (Å²) in [6, 6.07) is 1.86. The molecule has 5 heteroatoms. The number of aromatic nitrogens is 4. The summed E-state index contributed by atoms with van der Waals surface area (Å²) in [7, 11) is 0. The molecule has 13 heavy (non-hydrogen) atoms. The third-order valence-electron chi connectivity index (χ3n) is 1.74. The van der Waals surface area contributed by atoms with E-state index in [1.807, 2.05) is 6.07 Å². The SMILES string of the molecule is C=C(CCl)c1cnc2n[nH]nc2c1. The smallest absolute Gasteiger partial charge is 0.201 e. The molecule has 0 bridgehead atoms. The van der Waals surface area contributed by atoms with Crippen molar-refractivity contribution in [2.24, 2.45) is 0 Å². The van der Waals surface area contributed by atoms with Crippen molar-refractivity contribution in [3.05, 3.63) is 24.4 Å². The number of nitrogens with one attached hydrogen (secondary N) is 1. The second-order valence-electron chi connectivity index (χ2n) is 2.63. The zero-order chi connectivity index (χ0) is 9.26. The first kappa shape index (κ1) is 8.19. The number of hydrogen-bond acceptors (Lipinski definition) is 3. The molecule has 0 saturated carbocycles. The van der Waals surface area contributed by atoms with Gasteiger partial charge in [-0.05, 0) is 17.2 Å². The van der Waals surface area contributed by atoms with Crippen molar-refractivity contribution in [1.29, 1.82) is 0 Å². The molecule has 0 aromatic carbocycles. The van der Waals surface area contributed by atoms with E-state index < -0.39 is 0 Å². The minimum atomic E-state index is 0.394. The Bertz CT molecular complexity index is 448. The number of H-pyrrole nitrogens is 1. The minimum Gasteiger partial charge on any atom is -0.233 e. The lowest BCUT2D eigenvalue weighted by atomic mass is 10.1. The van der Waals surface area contributed by atoms with Gasteiger partial charge < -0.3 is 0 Å². The normalized spacial score (nSPS) is 10.5. The Morgan fingerprint density at radius 1 is 1.54 bits per heavy atom. The van der Waals surface area contributed by atoms with Crippen LogP contribution in [-0.2, 0) is 0 Å². The van der Waals surface area contributed by atoms with Crippen molar-refractivity contribution in [3.8, 4) is 0 Å². The van der Waals surface area contributed by atoms with Gasteiger partial charge in [-0.3, -0.25) is 0 Å². The Morgan fingerprint density at radius 2 is 2.38 bits per heavy atom. The van der Waals surface area contributed by atoms with Gasteiger partial charge in [0.1, 0.15) is 5.52 Å². The van der Waals surface area contributed by atoms with Gasteiger partial charge in [-0.2, -0.15) is 10.3 Å². The van der Waals surface area contributed by atoms with Crippen LogP contribution in [0.25, 0.3) is 16.7 Å². The molecule has 2 heterocycles. The largest absolute Gasteiger partial charge is 0.233 e. The highest BCUT2D eigenvalue weighted by Gasteiger charge is 2.02. The van der Waals surface area contributed by atoms with E-state index in [1.54, 1.807) is 6.20 Å². The molecule has 2 aromatic rings. The quantitative estimate of drug-likeness (QED) is 0.739. The average molecular weight is 195 g/mol. The lowest BCUT2D eigenvalue weighted by Crippen LogP contribution is -1.86. The highest BCUT2D eigenvalue weighted by Crippen LogP contribution is 2.15. The molecule has 1 N–H and O–H groups in total. The van der Waals surface area contributed by atoms with E-state index in [-0.39, 0.29) is 0 Å². The third kappa shape index (κ3) is 1.40. The van der Waals surface area contributed by atoms with Crippen molar-refractivity contribution in [1.82, 2.24) is 20.4 Å². The fourth-order valence-electron chi connectivity index (χ4n) is 1.01. The van der Waals surface area contributed by atoms with Crippen molar-refractivity contribution >= 4 is 28.3 Å². The van der Waals surface area contributed by atoms with Crippen LogP contribution in [0.5, 0.6) is 0 Å². The van der Waals surface area contributed by atoms with Gasteiger partial charge in [0, 0.05) is 12.1 Å². The number of allylic oxidation sites excluding steroid dienone is 1. The number of rotatable bonds is 2. The summed E-state index contributed by atoms with van der Waals surface area (Å²) in [4.78, 5) is 4.09. The average Bonchev–Trinajstić information content (AvgIpc) is 2.63. The maximum absolute atomic E-state index is 5.64. The molecule has 0 aliphatic rings. The van der Waals surface area contributed by atoms with Gasteiger partial charge in [-0.15, -0.1) is 16.7 Å². The molecule has 0 aliphatic heterocycles. The first-order valence-electron chi connectivity index (χ1n) is 3.72. The summed E-state index contributed by atoms with van der Waals surface area (Å²) in [6.45, 7) is 3.80. The van der Waals surface area contributed by atoms with Crippen molar-refractivity contribution < 1.29 is 0 Å². The molecule has 2 aromatic heterocycles. The number of pyridine rings is 1. The first-order valence-corrected chi connectivity index (χ1v) is 4.25. The van der Waals surface area contributed by atoms with Crippen LogP contribution in [0.2, 0.25) is 0 Å². The Kier molecular flexibility index (Phi) is 1.98. The van der Waals surface area contributed by atoms with Crippen molar-refractivity contribution in [2.75, 3.05) is 5.88 Å². The lowest BCUT2D eigenvalue weighted by Gasteiger charge is -1.98. The van der Waals surface area contributed by atoms with Crippen LogP contribution in [0, 0.1) is 0 Å². The summed E-state index contributed by atoms with van der Waals surface area (Å²) in [5, 5.41) is 10.2. The first-order chi connectivity index (χ1) is 6.31. The van der Waals surface area contributed by atoms with Gasteiger partial charge in [0.05, 0.1) is 0 Å². The van der Waals surface area contributed by atoms with Gasteiger partial charge in [0.15, 0.2) is 0 Å². The Balaban J connectivity index is 2.54. The van der Waals surface area contributed by atoms with Gasteiger partial charge in [-0.25, -0.2) is 4.98 Å². The fourth-order valence-corrected chi connectivity index (χ4v) is 1.17. The van der Waals surface area contributed by atoms with E-state index in [4.69, 9.17) is 11.6 Å². The van der Waals surface area contributed by atoms with Gasteiger partial charge in [0.25, 0.3) is 0 Å². The van der Waals surface area contributed by atoms with Crippen LogP contribution < -0.4 is 0 Å². The molecular formula is C8H7ClN4. The standard InChI is InChI=1S/C8H7ClN4/c1-5(3-9)6-2-7-8(10-4-6)12-13-11-7/h2,4H,1,3H2,(H,10,11,12,13). The number of nitrogens with zero attached hydrogens (tertiary/aromatic N) is 3. The molecule has 0 saturated heterocycles. The predicted molar refractivity (Wildman–Crippen MR) is 51.4 cm³/mol. The molecule has 0 aliphatic carbocycles. The van der Waals surface area contributed by atoms with E-state index in [0.29, 0.717) is 11.5 Å². The second-order valence-corrected chi connectivity index (χ2v) is 2.89. The summed E-state index contributed by atoms with van der Waals surface area (Å²) in [5.41, 5.74) is 3.06. The number of halogens is 1. The zero-order valence-electron chi connectivity index (χ0n) is 6.79. The molecule has 0 unspecified atom stereocenters. The molecule has 4 nitrogen and oxygen atoms in total. The molecule has 0 fully saturated rings. The number of fused-ring (bicyclic) bond motifs is 1. The molecule has 0 atom stereocenters. The van der Waals surface area contributed by atoms with Gasteiger partial charge in [-0.1, -0.05) is 6.58 Å². The van der Waals surface area contributed by atoms with E-state index >= 15 is 0 Å². The minimum absolute atomic E-state index is 0.394. The second kappa shape index (κ2) is 3.14. The summed E-state index contributed by atoms with van der Waals surface area (Å²) in [6.07, 6.45) is 1.69. The molecule has 0 spiro atoms. The lowest BCUT2D eigenvalue weighted by molar-refractivity contribution is 0.954. The maximum Gasteiger partial charge on any atom is 0.201 e. The van der Waals surface area contributed by atoms with E-state index in [0.717, 1.165) is 16.7 Å². The number of hydrogen-bond donors (Lipinski definition) is 1. The van der Waals surface area contributed by atoms with Crippen LogP contribution in [0.1, 0.15) is 5.56 Å². The van der Waals surface area contributed by atoms with Crippen molar-refractivity contribution in [3.63, 3.8) is 0 Å². The topological polar surface area (TPSA) is 54.5 Å². The molecule has 0 amide bonds. The molecule has 66 valence electrons. The fraction of sp³-hybridized carbons (Fsp3) is 0.125. The van der Waals surface area contributed by atoms with Crippen LogP contribution in [-0.4, -0.2) is 26.3 Å². The highest BCUT2D eigenvalue weighted by molar-refractivity contribution is 6.23. The van der Waals surface area contributed by atoms with Crippen LogP contribution in [0.15, 0.2) is 18.8 Å². The van der Waals surface area contributed by atoms with Gasteiger partial charge >= 0.3 is 0 Å². The molecular weight excluding hydrogens is 188 g/mol. The highest BCUT2D eigenvalue weighted by atomic mass is 35.5. The Labute approximate surface area is 79.6 Å². The van der Waals surface area contributed by atoms with E-state index in [9.17, 15) is 0 Å². The van der Waals surface area contributed by atoms with Crippen LogP contribution >= 0.6 is 11.6 Å². The predicted octanol–water partition coefficient (Wildman–Crippen LogP) is 1.60. The summed E-state index contributed by atoms with van der Waals surface area (Å²) < 4.78 is 0. The van der Waals surface area contributed by atoms with Crippen LogP contribution in [0.4, 0.5) is 0 Å². The molecule has 2 rings (SSSR count). The number of aromatic amines is 1. The van der Waals surface area contributed by atoms with Crippen molar-refractivity contribution in [2.45, 2.75) is 0 Å². The summed E-state index contributed by atoms with van der Waals surface area (Å²) >= 11 is 5.64. The monoisotopic (exact) mass is 194 g/mol. The Morgan fingerprint density at radius 3 is 3.15 bits per heavy atom. The van der Waals surface area contributed by atoms with Gasteiger partial charge in [0.2, 0.25) is 5.65 Å². The van der Waals surface area contributed by atoms with Crippen LogP contribution in [0.3, 0.4) is 0 Å². The third-order valence-corrected chi connectivity index (χ3v) is 2.07. The zero-order valence-corrected chi connectivity index (χ0v) is 7.54. The molecule has 0 radical (unpaired) electrons.